The molecule has 3 aromatic rings. The Balaban J connectivity index is 2.01. The van der Waals surface area contributed by atoms with Crippen LogP contribution >= 0.6 is 0 Å². The van der Waals surface area contributed by atoms with Gasteiger partial charge in [-0.2, -0.15) is 0 Å². The number of hydrogen-bond acceptors (Lipinski definition) is 3. The lowest BCUT2D eigenvalue weighted by Gasteiger charge is -2.22. The first-order valence-electron chi connectivity index (χ1n) is 7.98. The third-order valence-corrected chi connectivity index (χ3v) is 5.79. The van der Waals surface area contributed by atoms with Crippen molar-refractivity contribution >= 4 is 27.5 Å². The van der Waals surface area contributed by atoms with Crippen LogP contribution in [0.5, 0.6) is 0 Å². The lowest BCUT2D eigenvalue weighted by atomic mass is 9.97. The van der Waals surface area contributed by atoms with E-state index in [1.165, 1.54) is 16.7 Å². The molecule has 1 N–H and O–H groups in total. The van der Waals surface area contributed by atoms with E-state index in [0.717, 1.165) is 22.3 Å². The first-order valence-corrected chi connectivity index (χ1v) is 9.30. The lowest BCUT2D eigenvalue weighted by Crippen LogP contribution is -2.15. The molecular formula is C19H23N3OS. The predicted octanol–water partition coefficient (Wildman–Crippen LogP) is 3.86. The molecule has 1 aromatic heterocycles. The van der Waals surface area contributed by atoms with E-state index in [2.05, 4.69) is 41.7 Å². The summed E-state index contributed by atoms with van der Waals surface area (Å²) < 4.78 is 12.9. The summed E-state index contributed by atoms with van der Waals surface area (Å²) in [5.74, 6) is 0.459. The van der Waals surface area contributed by atoms with Gasteiger partial charge in [0, 0.05) is 19.8 Å². The molecule has 0 fully saturated rings. The van der Waals surface area contributed by atoms with Crippen molar-refractivity contribution in [1.82, 2.24) is 9.97 Å². The van der Waals surface area contributed by atoms with Gasteiger partial charge in [-0.05, 0) is 61.2 Å². The number of nitrogens with zero attached hydrogens (tertiary/aromatic N) is 2. The number of hydrogen-bond donors (Lipinski definition) is 1. The number of rotatable bonds is 4. The van der Waals surface area contributed by atoms with Crippen LogP contribution in [0.15, 0.2) is 35.5 Å². The zero-order valence-electron chi connectivity index (χ0n) is 14.8. The first kappa shape index (κ1) is 16.7. The van der Waals surface area contributed by atoms with Crippen LogP contribution < -0.4 is 4.90 Å². The van der Waals surface area contributed by atoms with Crippen LogP contribution in [0.25, 0.3) is 11.0 Å². The number of benzene rings is 2. The van der Waals surface area contributed by atoms with Crippen molar-refractivity contribution in [3.8, 4) is 0 Å². The lowest BCUT2D eigenvalue weighted by molar-refractivity contribution is 0.677. The van der Waals surface area contributed by atoms with Gasteiger partial charge < -0.3 is 9.88 Å². The summed E-state index contributed by atoms with van der Waals surface area (Å²) >= 11 is 0. The number of anilines is 1. The summed E-state index contributed by atoms with van der Waals surface area (Å²) in [5.41, 5.74) is 7.76. The number of aromatic amines is 1. The maximum Gasteiger partial charge on any atom is 0.197 e. The molecule has 5 heteroatoms. The van der Waals surface area contributed by atoms with E-state index < -0.39 is 10.8 Å². The molecule has 0 saturated carbocycles. The Hall–Kier alpha value is -2.14. The van der Waals surface area contributed by atoms with E-state index in [1.807, 2.05) is 38.4 Å². The highest BCUT2D eigenvalue weighted by molar-refractivity contribution is 7.84. The standard InChI is InChI=1S/C19H23N3OS/c1-12-10-18(22(4)5)15(14(3)13(12)2)11-24(23)19-20-16-8-6-7-9-17(16)21-19/h6-10H,11H2,1-5H3,(H,20,21). The number of imidazole rings is 1. The predicted molar refractivity (Wildman–Crippen MR) is 101 cm³/mol. The van der Waals surface area contributed by atoms with Crippen molar-refractivity contribution in [2.75, 3.05) is 19.0 Å². The number of para-hydroxylation sites is 2. The molecule has 4 nitrogen and oxygen atoms in total. The Morgan fingerprint density at radius 1 is 1.12 bits per heavy atom. The third-order valence-electron chi connectivity index (χ3n) is 4.61. The Kier molecular flexibility index (Phi) is 4.45. The fourth-order valence-corrected chi connectivity index (χ4v) is 4.12. The summed E-state index contributed by atoms with van der Waals surface area (Å²) in [4.78, 5) is 9.76. The Morgan fingerprint density at radius 2 is 1.83 bits per heavy atom. The smallest absolute Gasteiger partial charge is 0.197 e. The molecule has 0 amide bonds. The van der Waals surface area contributed by atoms with Crippen LogP contribution in [-0.2, 0) is 16.6 Å². The largest absolute Gasteiger partial charge is 0.377 e. The zero-order chi connectivity index (χ0) is 17.4. The fraction of sp³-hybridized carbons (Fsp3) is 0.316. The van der Waals surface area contributed by atoms with Crippen molar-refractivity contribution in [1.29, 1.82) is 0 Å². The SMILES string of the molecule is Cc1cc(N(C)C)c(CS(=O)c2nc3ccccc3[nH]2)c(C)c1C. The molecule has 0 bridgehead atoms. The van der Waals surface area contributed by atoms with Gasteiger partial charge in [0.1, 0.15) is 0 Å². The minimum atomic E-state index is -1.21. The molecule has 1 heterocycles. The molecule has 126 valence electrons. The van der Waals surface area contributed by atoms with Gasteiger partial charge >= 0.3 is 0 Å². The number of aromatic nitrogens is 2. The summed E-state index contributed by atoms with van der Waals surface area (Å²) in [5, 5.41) is 0.540. The summed E-state index contributed by atoms with van der Waals surface area (Å²) in [6.07, 6.45) is 0. The van der Waals surface area contributed by atoms with Gasteiger partial charge in [-0.1, -0.05) is 12.1 Å². The Morgan fingerprint density at radius 3 is 2.50 bits per heavy atom. The minimum Gasteiger partial charge on any atom is -0.377 e. The second-order valence-electron chi connectivity index (χ2n) is 6.38. The van der Waals surface area contributed by atoms with Gasteiger partial charge in [0.15, 0.2) is 5.16 Å². The summed E-state index contributed by atoms with van der Waals surface area (Å²) in [6.45, 7) is 6.35. The van der Waals surface area contributed by atoms with Crippen LogP contribution in [0.1, 0.15) is 22.3 Å². The van der Waals surface area contributed by atoms with Gasteiger partial charge in [0.25, 0.3) is 0 Å². The molecule has 1 unspecified atom stereocenters. The van der Waals surface area contributed by atoms with E-state index in [9.17, 15) is 4.21 Å². The Labute approximate surface area is 145 Å². The summed E-state index contributed by atoms with van der Waals surface area (Å²) in [6, 6.07) is 9.94. The number of H-pyrrole nitrogens is 1. The van der Waals surface area contributed by atoms with Gasteiger partial charge in [-0.25, -0.2) is 4.98 Å². The zero-order valence-corrected chi connectivity index (χ0v) is 15.6. The number of fused-ring (bicyclic) bond motifs is 1. The highest BCUT2D eigenvalue weighted by atomic mass is 32.2. The molecule has 0 saturated heterocycles. The second kappa shape index (κ2) is 6.40. The highest BCUT2D eigenvalue weighted by Crippen LogP contribution is 2.30. The number of aryl methyl sites for hydroxylation is 1. The van der Waals surface area contributed by atoms with Crippen molar-refractivity contribution in [3.05, 3.63) is 52.6 Å². The van der Waals surface area contributed by atoms with Gasteiger partial charge in [0.05, 0.1) is 27.6 Å². The van der Waals surface area contributed by atoms with Gasteiger partial charge in [-0.15, -0.1) is 0 Å². The van der Waals surface area contributed by atoms with E-state index in [0.29, 0.717) is 10.9 Å². The molecule has 0 aliphatic carbocycles. The van der Waals surface area contributed by atoms with Crippen LogP contribution in [0.2, 0.25) is 0 Å². The third kappa shape index (κ3) is 2.96. The Bertz CT molecular complexity index is 895. The maximum absolute atomic E-state index is 12.9. The van der Waals surface area contributed by atoms with Crippen LogP contribution in [0.4, 0.5) is 5.69 Å². The number of nitrogens with one attached hydrogen (secondary N) is 1. The minimum absolute atomic E-state index is 0.459. The quantitative estimate of drug-likeness (QED) is 0.784. The average Bonchev–Trinajstić information content (AvgIpc) is 2.99. The molecule has 24 heavy (non-hydrogen) atoms. The average molecular weight is 341 g/mol. The van der Waals surface area contributed by atoms with Crippen molar-refractivity contribution in [2.24, 2.45) is 0 Å². The molecule has 3 rings (SSSR count). The normalized spacial score (nSPS) is 12.5. The molecule has 0 aliphatic rings. The molecule has 0 spiro atoms. The highest BCUT2D eigenvalue weighted by Gasteiger charge is 2.17. The van der Waals surface area contributed by atoms with Crippen LogP contribution in [0, 0.1) is 20.8 Å². The molecule has 0 aliphatic heterocycles. The van der Waals surface area contributed by atoms with Crippen molar-refractivity contribution in [3.63, 3.8) is 0 Å². The second-order valence-corrected chi connectivity index (χ2v) is 7.75. The molecule has 2 aromatic carbocycles. The van der Waals surface area contributed by atoms with E-state index in [-0.39, 0.29) is 0 Å². The summed E-state index contributed by atoms with van der Waals surface area (Å²) in [7, 11) is 2.84. The van der Waals surface area contributed by atoms with Crippen LogP contribution in [-0.4, -0.2) is 28.3 Å². The fourth-order valence-electron chi connectivity index (χ4n) is 2.93. The first-order chi connectivity index (χ1) is 11.4. The van der Waals surface area contributed by atoms with E-state index >= 15 is 0 Å². The van der Waals surface area contributed by atoms with Crippen LogP contribution in [0.3, 0.4) is 0 Å². The van der Waals surface area contributed by atoms with E-state index in [1.54, 1.807) is 0 Å². The van der Waals surface area contributed by atoms with E-state index in [4.69, 9.17) is 0 Å². The van der Waals surface area contributed by atoms with Gasteiger partial charge in [-0.3, -0.25) is 4.21 Å². The van der Waals surface area contributed by atoms with Gasteiger partial charge in [0.2, 0.25) is 0 Å². The maximum atomic E-state index is 12.9. The van der Waals surface area contributed by atoms with Crippen molar-refractivity contribution < 1.29 is 4.21 Å². The van der Waals surface area contributed by atoms with Crippen molar-refractivity contribution in [2.45, 2.75) is 31.7 Å². The monoisotopic (exact) mass is 341 g/mol. The molecule has 0 radical (unpaired) electrons. The molecule has 1 atom stereocenters. The molecular weight excluding hydrogens is 318 g/mol. The topological polar surface area (TPSA) is 49.0 Å².